The van der Waals surface area contributed by atoms with Gasteiger partial charge in [-0.25, -0.2) is 0 Å². The Bertz CT molecular complexity index is 654. The number of nitriles is 1. The van der Waals surface area contributed by atoms with Gasteiger partial charge in [0.25, 0.3) is 0 Å². The Morgan fingerprint density at radius 1 is 1.26 bits per heavy atom. The predicted octanol–water partition coefficient (Wildman–Crippen LogP) is 5.35. The van der Waals surface area contributed by atoms with Gasteiger partial charge in [-0.15, -0.1) is 11.5 Å². The SMILES string of the molecule is CC(C)(CCC#C[Si](C)(C)C)C(C#N)C(=O)c1ccc(Cl)cc1. The average Bonchev–Trinajstić information content (AvgIpc) is 2.44. The van der Waals surface area contributed by atoms with Crippen LogP contribution in [-0.2, 0) is 0 Å². The average molecular weight is 346 g/mol. The van der Waals surface area contributed by atoms with Crippen molar-refractivity contribution in [2.24, 2.45) is 11.3 Å². The highest BCUT2D eigenvalue weighted by Gasteiger charge is 2.35. The minimum absolute atomic E-state index is 0.146. The highest BCUT2D eigenvalue weighted by molar-refractivity contribution is 6.83. The molecule has 0 amide bonds. The van der Waals surface area contributed by atoms with Gasteiger partial charge in [0.05, 0.1) is 6.07 Å². The number of nitrogens with zero attached hydrogens (tertiary/aromatic N) is 1. The maximum Gasteiger partial charge on any atom is 0.180 e. The lowest BCUT2D eigenvalue weighted by Gasteiger charge is -2.28. The molecule has 1 aromatic rings. The zero-order valence-corrected chi connectivity index (χ0v) is 16.3. The summed E-state index contributed by atoms with van der Waals surface area (Å²) in [5.74, 6) is 2.39. The van der Waals surface area contributed by atoms with Crippen LogP contribution in [0.2, 0.25) is 24.7 Å². The minimum Gasteiger partial charge on any atom is -0.293 e. The third-order valence-corrected chi connectivity index (χ3v) is 4.84. The van der Waals surface area contributed by atoms with E-state index in [-0.39, 0.29) is 5.78 Å². The van der Waals surface area contributed by atoms with Crippen molar-refractivity contribution < 1.29 is 4.79 Å². The Balaban J connectivity index is 2.85. The van der Waals surface area contributed by atoms with Crippen molar-refractivity contribution in [2.45, 2.75) is 46.3 Å². The Hall–Kier alpha value is -1.55. The van der Waals surface area contributed by atoms with Crippen LogP contribution in [0.5, 0.6) is 0 Å². The molecule has 0 N–H and O–H groups in total. The van der Waals surface area contributed by atoms with Crippen LogP contribution in [0.25, 0.3) is 0 Å². The molecule has 2 nitrogen and oxygen atoms in total. The summed E-state index contributed by atoms with van der Waals surface area (Å²) in [6, 6.07) is 8.90. The van der Waals surface area contributed by atoms with Gasteiger partial charge in [0.2, 0.25) is 0 Å². The highest BCUT2D eigenvalue weighted by atomic mass is 35.5. The van der Waals surface area contributed by atoms with Gasteiger partial charge in [-0.05, 0) is 36.1 Å². The van der Waals surface area contributed by atoms with E-state index in [0.29, 0.717) is 17.0 Å². The first kappa shape index (κ1) is 19.5. The van der Waals surface area contributed by atoms with E-state index in [2.05, 4.69) is 37.2 Å². The molecule has 0 radical (unpaired) electrons. The van der Waals surface area contributed by atoms with Gasteiger partial charge in [0, 0.05) is 17.0 Å². The summed E-state index contributed by atoms with van der Waals surface area (Å²) in [6.07, 6.45) is 1.44. The Kier molecular flexibility index (Phi) is 6.63. The Morgan fingerprint density at radius 3 is 2.30 bits per heavy atom. The van der Waals surface area contributed by atoms with E-state index in [1.165, 1.54) is 0 Å². The molecule has 0 fully saturated rings. The molecule has 23 heavy (non-hydrogen) atoms. The van der Waals surface area contributed by atoms with Crippen LogP contribution in [0.1, 0.15) is 37.0 Å². The molecule has 0 saturated heterocycles. The highest BCUT2D eigenvalue weighted by Crippen LogP contribution is 2.34. The topological polar surface area (TPSA) is 40.9 Å². The number of benzene rings is 1. The zero-order chi connectivity index (χ0) is 17.7. The molecule has 0 aliphatic carbocycles. The molecule has 0 saturated carbocycles. The number of halogens is 1. The quantitative estimate of drug-likeness (QED) is 0.410. The molecule has 0 aromatic heterocycles. The van der Waals surface area contributed by atoms with Crippen molar-refractivity contribution in [3.63, 3.8) is 0 Å². The summed E-state index contributed by atoms with van der Waals surface area (Å²) in [6.45, 7) is 10.5. The first-order valence-corrected chi connectivity index (χ1v) is 11.6. The van der Waals surface area contributed by atoms with Gasteiger partial charge >= 0.3 is 0 Å². The molecule has 0 spiro atoms. The van der Waals surface area contributed by atoms with Crippen molar-refractivity contribution >= 4 is 25.5 Å². The summed E-state index contributed by atoms with van der Waals surface area (Å²) >= 11 is 5.85. The molecule has 1 aromatic carbocycles. The Labute approximate surface area is 145 Å². The number of carbonyl (C=O) groups excluding carboxylic acids is 1. The number of carbonyl (C=O) groups is 1. The molecular weight excluding hydrogens is 322 g/mol. The van der Waals surface area contributed by atoms with Crippen LogP contribution >= 0.6 is 11.6 Å². The van der Waals surface area contributed by atoms with E-state index < -0.39 is 19.4 Å². The van der Waals surface area contributed by atoms with E-state index in [1.54, 1.807) is 24.3 Å². The summed E-state index contributed by atoms with van der Waals surface area (Å²) in [5.41, 5.74) is 3.44. The van der Waals surface area contributed by atoms with Crippen LogP contribution in [0.4, 0.5) is 0 Å². The van der Waals surface area contributed by atoms with Crippen LogP contribution in [0.3, 0.4) is 0 Å². The summed E-state index contributed by atoms with van der Waals surface area (Å²) in [4.78, 5) is 12.6. The summed E-state index contributed by atoms with van der Waals surface area (Å²) in [7, 11) is -1.37. The number of ketones is 1. The van der Waals surface area contributed by atoms with Crippen molar-refractivity contribution in [3.05, 3.63) is 34.9 Å². The molecule has 1 unspecified atom stereocenters. The first-order chi connectivity index (χ1) is 10.6. The van der Waals surface area contributed by atoms with E-state index in [9.17, 15) is 10.1 Å². The molecule has 1 rings (SSSR count). The van der Waals surface area contributed by atoms with Crippen molar-refractivity contribution in [1.82, 2.24) is 0 Å². The third-order valence-electron chi connectivity index (χ3n) is 3.66. The smallest absolute Gasteiger partial charge is 0.180 e. The second-order valence-corrected chi connectivity index (χ2v) is 12.7. The fourth-order valence-corrected chi connectivity index (χ4v) is 3.01. The molecule has 1 atom stereocenters. The van der Waals surface area contributed by atoms with Crippen LogP contribution < -0.4 is 0 Å². The second-order valence-electron chi connectivity index (χ2n) is 7.47. The molecule has 0 bridgehead atoms. The fraction of sp³-hybridized carbons (Fsp3) is 0.474. The fourth-order valence-electron chi connectivity index (χ4n) is 2.23. The van der Waals surface area contributed by atoms with E-state index >= 15 is 0 Å². The maximum atomic E-state index is 12.6. The monoisotopic (exact) mass is 345 g/mol. The van der Waals surface area contributed by atoms with E-state index in [4.69, 9.17) is 11.6 Å². The van der Waals surface area contributed by atoms with Crippen molar-refractivity contribution in [3.8, 4) is 17.5 Å². The lowest BCUT2D eigenvalue weighted by atomic mass is 9.73. The number of Topliss-reactive ketones (excluding diaryl/α,β-unsaturated/α-hetero) is 1. The third kappa shape index (κ3) is 6.22. The number of rotatable bonds is 5. The number of hydrogen-bond acceptors (Lipinski definition) is 2. The molecule has 0 aliphatic heterocycles. The van der Waals surface area contributed by atoms with Gasteiger partial charge < -0.3 is 0 Å². The van der Waals surface area contributed by atoms with Gasteiger partial charge in [0.15, 0.2) is 5.78 Å². The standard InChI is InChI=1S/C19H24ClNOSi/c1-19(2,12-6-7-13-23(3,4)5)17(14-21)18(22)15-8-10-16(20)11-9-15/h8-11,17H,6,12H2,1-5H3. The number of hydrogen-bond donors (Lipinski definition) is 0. The molecule has 0 aliphatic rings. The first-order valence-electron chi connectivity index (χ1n) is 7.76. The summed E-state index contributed by atoms with van der Waals surface area (Å²) in [5, 5.41) is 10.1. The van der Waals surface area contributed by atoms with Crippen LogP contribution in [-0.4, -0.2) is 13.9 Å². The predicted molar refractivity (Wildman–Crippen MR) is 99.0 cm³/mol. The molecule has 4 heteroatoms. The zero-order valence-electron chi connectivity index (χ0n) is 14.5. The minimum atomic E-state index is -1.37. The maximum absolute atomic E-state index is 12.6. The normalized spacial score (nSPS) is 12.7. The molecular formula is C19H24ClNOSi. The Morgan fingerprint density at radius 2 is 1.83 bits per heavy atom. The lowest BCUT2D eigenvalue weighted by Crippen LogP contribution is -2.30. The lowest BCUT2D eigenvalue weighted by molar-refractivity contribution is 0.0854. The van der Waals surface area contributed by atoms with Crippen LogP contribution in [0.15, 0.2) is 24.3 Å². The molecule has 122 valence electrons. The van der Waals surface area contributed by atoms with Gasteiger partial charge in [-0.2, -0.15) is 5.26 Å². The van der Waals surface area contributed by atoms with Crippen LogP contribution in [0, 0.1) is 34.1 Å². The summed E-state index contributed by atoms with van der Waals surface area (Å²) < 4.78 is 0. The van der Waals surface area contributed by atoms with Gasteiger partial charge in [0.1, 0.15) is 14.0 Å². The molecule has 0 heterocycles. The van der Waals surface area contributed by atoms with Gasteiger partial charge in [-0.1, -0.05) is 45.1 Å². The van der Waals surface area contributed by atoms with E-state index in [1.807, 2.05) is 13.8 Å². The van der Waals surface area contributed by atoms with Crippen molar-refractivity contribution in [2.75, 3.05) is 0 Å². The van der Waals surface area contributed by atoms with Gasteiger partial charge in [-0.3, -0.25) is 4.79 Å². The van der Waals surface area contributed by atoms with E-state index in [0.717, 1.165) is 6.42 Å². The second kappa shape index (κ2) is 7.82. The largest absolute Gasteiger partial charge is 0.293 e. The van der Waals surface area contributed by atoms with Crippen molar-refractivity contribution in [1.29, 1.82) is 5.26 Å².